The first-order valence-corrected chi connectivity index (χ1v) is 4.06. The molecule has 1 rings (SSSR count). The van der Waals surface area contributed by atoms with Crippen LogP contribution in [0.2, 0.25) is 0 Å². The normalized spacial score (nSPS) is 11.8. The molecule has 0 saturated carbocycles. The van der Waals surface area contributed by atoms with Crippen LogP contribution in [0.3, 0.4) is 0 Å². The van der Waals surface area contributed by atoms with Crippen LogP contribution in [-0.4, -0.2) is 17.0 Å². The van der Waals surface area contributed by atoms with Gasteiger partial charge in [-0.05, 0) is 0 Å². The van der Waals surface area contributed by atoms with Gasteiger partial charge in [0.1, 0.15) is 0 Å². The lowest BCUT2D eigenvalue weighted by atomic mass is 10.1. The number of carbonyl (C=O) groups is 2. The average molecular weight is 194 g/mol. The molecule has 0 saturated heterocycles. The molecule has 1 aromatic carbocycles. The number of carboxylic acid groups (broad SMARTS) is 1. The minimum absolute atomic E-state index is 0.454. The van der Waals surface area contributed by atoms with Crippen molar-refractivity contribution in [2.45, 2.75) is 13.0 Å². The number of rotatable bonds is 3. The lowest BCUT2D eigenvalue weighted by Crippen LogP contribution is -2.17. The number of ether oxygens (including phenoxy) is 1. The first-order valence-electron chi connectivity index (χ1n) is 4.06. The minimum atomic E-state index is -1.21. The van der Waals surface area contributed by atoms with E-state index in [2.05, 4.69) is 4.74 Å². The second kappa shape index (κ2) is 4.41. The third-order valence-electron chi connectivity index (χ3n) is 1.61. The van der Waals surface area contributed by atoms with Crippen LogP contribution < -0.4 is 0 Å². The van der Waals surface area contributed by atoms with E-state index < -0.39 is 18.0 Å². The predicted octanol–water partition coefficient (Wildman–Crippen LogP) is 1.38. The van der Waals surface area contributed by atoms with Crippen LogP contribution in [0.25, 0.3) is 0 Å². The summed E-state index contributed by atoms with van der Waals surface area (Å²) in [5, 5.41) is 8.80. The van der Waals surface area contributed by atoms with E-state index in [0.29, 0.717) is 5.56 Å². The van der Waals surface area contributed by atoms with Gasteiger partial charge in [0.05, 0.1) is 0 Å². The first-order chi connectivity index (χ1) is 6.61. The van der Waals surface area contributed by atoms with Gasteiger partial charge in [0.15, 0.2) is 0 Å². The predicted molar refractivity (Wildman–Crippen MR) is 48.6 cm³/mol. The molecule has 4 heteroatoms. The Labute approximate surface area is 81.1 Å². The van der Waals surface area contributed by atoms with Gasteiger partial charge >= 0.3 is 11.9 Å². The lowest BCUT2D eigenvalue weighted by molar-refractivity contribution is -0.163. The van der Waals surface area contributed by atoms with Crippen molar-refractivity contribution in [2.75, 3.05) is 0 Å². The van der Waals surface area contributed by atoms with Gasteiger partial charge in [-0.1, -0.05) is 30.3 Å². The average Bonchev–Trinajstić information content (AvgIpc) is 2.15. The van der Waals surface area contributed by atoms with Gasteiger partial charge in [0.2, 0.25) is 6.10 Å². The summed E-state index contributed by atoms with van der Waals surface area (Å²) in [7, 11) is 0. The van der Waals surface area contributed by atoms with Crippen LogP contribution in [0, 0.1) is 0 Å². The second-order valence-corrected chi connectivity index (χ2v) is 2.74. The zero-order valence-electron chi connectivity index (χ0n) is 7.64. The van der Waals surface area contributed by atoms with Crippen LogP contribution in [-0.2, 0) is 14.3 Å². The lowest BCUT2D eigenvalue weighted by Gasteiger charge is -2.11. The molecule has 14 heavy (non-hydrogen) atoms. The standard InChI is InChI=1S/C10H10O4/c1-7(11)14-9(10(12)13)8-5-3-2-4-6-8/h2-6,9H,1H3,(H,12,13)/t9-/m1/s1. The Bertz CT molecular complexity index is 331. The van der Waals surface area contributed by atoms with Gasteiger partial charge < -0.3 is 9.84 Å². The maximum atomic E-state index is 10.8. The van der Waals surface area contributed by atoms with Gasteiger partial charge in [0.25, 0.3) is 0 Å². The van der Waals surface area contributed by atoms with Crippen LogP contribution in [0.1, 0.15) is 18.6 Å². The molecule has 0 aliphatic heterocycles. The van der Waals surface area contributed by atoms with Crippen molar-refractivity contribution < 1.29 is 19.4 Å². The number of benzene rings is 1. The van der Waals surface area contributed by atoms with Gasteiger partial charge in [-0.25, -0.2) is 4.79 Å². The number of carbonyl (C=O) groups excluding carboxylic acids is 1. The van der Waals surface area contributed by atoms with Crippen LogP contribution >= 0.6 is 0 Å². The number of hydrogen-bond acceptors (Lipinski definition) is 3. The highest BCUT2D eigenvalue weighted by Gasteiger charge is 2.22. The third-order valence-corrected chi connectivity index (χ3v) is 1.61. The summed E-state index contributed by atoms with van der Waals surface area (Å²) in [6.07, 6.45) is -1.21. The Morgan fingerprint density at radius 2 is 1.86 bits per heavy atom. The summed E-state index contributed by atoms with van der Waals surface area (Å²) in [5.74, 6) is -1.78. The van der Waals surface area contributed by atoms with Crippen molar-refractivity contribution >= 4 is 11.9 Å². The molecule has 0 spiro atoms. The Kier molecular flexibility index (Phi) is 3.23. The molecular weight excluding hydrogens is 184 g/mol. The number of carboxylic acids is 1. The Morgan fingerprint density at radius 3 is 2.29 bits per heavy atom. The molecule has 1 aromatic rings. The van der Waals surface area contributed by atoms with Crippen LogP contribution in [0.15, 0.2) is 30.3 Å². The zero-order valence-corrected chi connectivity index (χ0v) is 7.64. The van der Waals surface area contributed by atoms with Crippen molar-refractivity contribution in [3.63, 3.8) is 0 Å². The third kappa shape index (κ3) is 2.58. The summed E-state index contributed by atoms with van der Waals surface area (Å²) < 4.78 is 4.66. The zero-order chi connectivity index (χ0) is 10.6. The van der Waals surface area contributed by atoms with E-state index in [4.69, 9.17) is 5.11 Å². The van der Waals surface area contributed by atoms with Gasteiger partial charge in [-0.15, -0.1) is 0 Å². The van der Waals surface area contributed by atoms with E-state index in [1.54, 1.807) is 30.3 Å². The fourth-order valence-corrected chi connectivity index (χ4v) is 1.05. The first kappa shape index (κ1) is 10.2. The topological polar surface area (TPSA) is 63.6 Å². The molecule has 0 radical (unpaired) electrons. The summed E-state index contributed by atoms with van der Waals surface area (Å²) >= 11 is 0. The maximum Gasteiger partial charge on any atom is 0.349 e. The number of esters is 1. The smallest absolute Gasteiger partial charge is 0.349 e. The molecule has 1 atom stereocenters. The summed E-state index contributed by atoms with van der Waals surface area (Å²) in [6, 6.07) is 8.34. The molecule has 74 valence electrons. The largest absolute Gasteiger partial charge is 0.478 e. The summed E-state index contributed by atoms with van der Waals surface area (Å²) in [6.45, 7) is 1.18. The molecule has 0 fully saturated rings. The molecule has 0 aliphatic carbocycles. The van der Waals surface area contributed by atoms with E-state index >= 15 is 0 Å². The second-order valence-electron chi connectivity index (χ2n) is 2.74. The molecule has 0 aromatic heterocycles. The van der Waals surface area contributed by atoms with Crippen LogP contribution in [0.4, 0.5) is 0 Å². The highest BCUT2D eigenvalue weighted by molar-refractivity contribution is 5.78. The van der Waals surface area contributed by atoms with Gasteiger partial charge in [0, 0.05) is 12.5 Å². The number of aliphatic carboxylic acids is 1. The van der Waals surface area contributed by atoms with Crippen molar-refractivity contribution in [3.8, 4) is 0 Å². The SMILES string of the molecule is CC(=O)O[C@@H](C(=O)O)c1ccccc1. The van der Waals surface area contributed by atoms with E-state index in [0.717, 1.165) is 0 Å². The summed E-state index contributed by atoms with van der Waals surface area (Å²) in [4.78, 5) is 21.4. The van der Waals surface area contributed by atoms with Crippen molar-refractivity contribution in [3.05, 3.63) is 35.9 Å². The highest BCUT2D eigenvalue weighted by Crippen LogP contribution is 2.17. The Morgan fingerprint density at radius 1 is 1.29 bits per heavy atom. The molecule has 1 N–H and O–H groups in total. The fourth-order valence-electron chi connectivity index (χ4n) is 1.05. The summed E-state index contributed by atoms with van der Waals surface area (Å²) in [5.41, 5.74) is 0.454. The van der Waals surface area contributed by atoms with E-state index in [-0.39, 0.29) is 0 Å². The van der Waals surface area contributed by atoms with Gasteiger partial charge in [-0.3, -0.25) is 4.79 Å². The van der Waals surface area contributed by atoms with Crippen molar-refractivity contribution in [2.24, 2.45) is 0 Å². The van der Waals surface area contributed by atoms with Crippen molar-refractivity contribution in [1.29, 1.82) is 0 Å². The molecule has 0 amide bonds. The monoisotopic (exact) mass is 194 g/mol. The molecule has 0 unspecified atom stereocenters. The Balaban J connectivity index is 2.89. The van der Waals surface area contributed by atoms with Crippen molar-refractivity contribution in [1.82, 2.24) is 0 Å². The fraction of sp³-hybridized carbons (Fsp3) is 0.200. The number of hydrogen-bond donors (Lipinski definition) is 1. The Hall–Kier alpha value is -1.84. The molecule has 4 nitrogen and oxygen atoms in total. The van der Waals surface area contributed by atoms with Gasteiger partial charge in [-0.2, -0.15) is 0 Å². The quantitative estimate of drug-likeness (QED) is 0.738. The molecule has 0 bridgehead atoms. The molecular formula is C10H10O4. The highest BCUT2D eigenvalue weighted by atomic mass is 16.6. The molecule has 0 aliphatic rings. The van der Waals surface area contributed by atoms with E-state index in [1.807, 2.05) is 0 Å². The molecule has 0 heterocycles. The van der Waals surface area contributed by atoms with E-state index in [9.17, 15) is 9.59 Å². The van der Waals surface area contributed by atoms with Crippen LogP contribution in [0.5, 0.6) is 0 Å². The maximum absolute atomic E-state index is 10.8. The van der Waals surface area contributed by atoms with E-state index in [1.165, 1.54) is 6.92 Å². The minimum Gasteiger partial charge on any atom is -0.478 e.